The van der Waals surface area contributed by atoms with Gasteiger partial charge < -0.3 is 4.90 Å². The first kappa shape index (κ1) is 15.9. The van der Waals surface area contributed by atoms with Gasteiger partial charge in [-0.05, 0) is 44.1 Å². The highest BCUT2D eigenvalue weighted by atomic mass is 79.9. The monoisotopic (exact) mass is 364 g/mol. The molecule has 1 saturated heterocycles. The zero-order chi connectivity index (χ0) is 14.8. The molecule has 1 N–H and O–H groups in total. The maximum absolute atomic E-state index is 13.8. The average Bonchev–Trinajstić information content (AvgIpc) is 2.37. The van der Waals surface area contributed by atoms with Crippen LogP contribution in [0.25, 0.3) is 0 Å². The number of benzene rings is 1. The van der Waals surface area contributed by atoms with E-state index in [0.29, 0.717) is 11.0 Å². The molecule has 112 valence electrons. The van der Waals surface area contributed by atoms with Gasteiger partial charge in [0.2, 0.25) is 10.0 Å². The van der Waals surface area contributed by atoms with E-state index in [1.54, 1.807) is 0 Å². The van der Waals surface area contributed by atoms with Crippen molar-refractivity contribution in [2.45, 2.75) is 30.7 Å². The van der Waals surface area contributed by atoms with E-state index < -0.39 is 15.8 Å². The van der Waals surface area contributed by atoms with Crippen LogP contribution in [0.3, 0.4) is 0 Å². The fraction of sp³-hybridized carbons (Fsp3) is 0.538. The van der Waals surface area contributed by atoms with Crippen molar-refractivity contribution in [1.29, 1.82) is 0 Å². The summed E-state index contributed by atoms with van der Waals surface area (Å²) < 4.78 is 41.4. The second-order valence-electron chi connectivity index (χ2n) is 4.93. The van der Waals surface area contributed by atoms with Crippen LogP contribution in [-0.2, 0) is 10.0 Å². The Morgan fingerprint density at radius 1 is 1.50 bits per heavy atom. The standard InChI is InChI=1S/C13H18BrFN2O2S/c1-2-17-7-3-4-11(9-17)16-20(18,19)13-6-5-10(14)8-12(13)15/h5-6,8,11,16H,2-4,7,9H2,1H3. The van der Waals surface area contributed by atoms with E-state index in [9.17, 15) is 12.8 Å². The van der Waals surface area contributed by atoms with Crippen molar-refractivity contribution in [2.24, 2.45) is 0 Å². The Labute approximate surface area is 127 Å². The normalized spacial score (nSPS) is 21.1. The van der Waals surface area contributed by atoms with Gasteiger partial charge in [0.05, 0.1) is 0 Å². The molecule has 0 bridgehead atoms. The van der Waals surface area contributed by atoms with Crippen molar-refractivity contribution >= 4 is 26.0 Å². The first-order valence-electron chi connectivity index (χ1n) is 6.62. The first-order chi connectivity index (χ1) is 9.42. The molecule has 0 aromatic heterocycles. The lowest BCUT2D eigenvalue weighted by Gasteiger charge is -2.32. The lowest BCUT2D eigenvalue weighted by molar-refractivity contribution is 0.211. The SMILES string of the molecule is CCN1CCCC(NS(=O)(=O)c2ccc(Br)cc2F)C1. The number of sulfonamides is 1. The van der Waals surface area contributed by atoms with Crippen LogP contribution < -0.4 is 4.72 Å². The highest BCUT2D eigenvalue weighted by Crippen LogP contribution is 2.20. The number of likely N-dealkylation sites (tertiary alicyclic amines) is 1. The summed E-state index contributed by atoms with van der Waals surface area (Å²) in [4.78, 5) is 1.89. The van der Waals surface area contributed by atoms with Gasteiger partial charge in [0.15, 0.2) is 0 Å². The van der Waals surface area contributed by atoms with Crippen LogP contribution in [0.2, 0.25) is 0 Å². The van der Waals surface area contributed by atoms with Crippen molar-refractivity contribution in [3.8, 4) is 0 Å². The van der Waals surface area contributed by atoms with E-state index in [1.807, 2.05) is 6.92 Å². The van der Waals surface area contributed by atoms with Crippen LogP contribution in [-0.4, -0.2) is 39.0 Å². The van der Waals surface area contributed by atoms with Crippen molar-refractivity contribution in [3.05, 3.63) is 28.5 Å². The molecule has 1 unspecified atom stereocenters. The molecule has 1 fully saturated rings. The Morgan fingerprint density at radius 2 is 2.25 bits per heavy atom. The van der Waals surface area contributed by atoms with Crippen molar-refractivity contribution in [2.75, 3.05) is 19.6 Å². The Kier molecular flexibility index (Phi) is 5.17. The predicted octanol–water partition coefficient (Wildman–Crippen LogP) is 2.35. The molecule has 1 aromatic carbocycles. The number of hydrogen-bond acceptors (Lipinski definition) is 3. The summed E-state index contributed by atoms with van der Waals surface area (Å²) in [5.41, 5.74) is 0. The van der Waals surface area contributed by atoms with Crippen LogP contribution in [0.1, 0.15) is 19.8 Å². The van der Waals surface area contributed by atoms with E-state index >= 15 is 0 Å². The molecule has 0 amide bonds. The van der Waals surface area contributed by atoms with Gasteiger partial charge in [0.1, 0.15) is 10.7 Å². The molecule has 20 heavy (non-hydrogen) atoms. The third-order valence-electron chi connectivity index (χ3n) is 3.46. The Bertz CT molecular complexity index is 580. The van der Waals surface area contributed by atoms with Gasteiger partial charge in [-0.25, -0.2) is 17.5 Å². The minimum atomic E-state index is -3.81. The zero-order valence-electron chi connectivity index (χ0n) is 11.3. The molecule has 0 radical (unpaired) electrons. The maximum atomic E-state index is 13.8. The molecule has 1 aliphatic rings. The molecule has 0 saturated carbocycles. The number of rotatable bonds is 4. The molecule has 7 heteroatoms. The third-order valence-corrected chi connectivity index (χ3v) is 5.50. The fourth-order valence-electron chi connectivity index (χ4n) is 2.41. The number of nitrogens with one attached hydrogen (secondary N) is 1. The van der Waals surface area contributed by atoms with E-state index in [2.05, 4.69) is 25.6 Å². The summed E-state index contributed by atoms with van der Waals surface area (Å²) in [5, 5.41) is 0. The predicted molar refractivity (Wildman–Crippen MR) is 79.6 cm³/mol. The second kappa shape index (κ2) is 6.51. The second-order valence-corrected chi connectivity index (χ2v) is 7.53. The molecular formula is C13H18BrFN2O2S. The first-order valence-corrected chi connectivity index (χ1v) is 8.89. The van der Waals surface area contributed by atoms with E-state index in [4.69, 9.17) is 0 Å². The van der Waals surface area contributed by atoms with Crippen LogP contribution in [0, 0.1) is 5.82 Å². The summed E-state index contributed by atoms with van der Waals surface area (Å²) in [6, 6.07) is 3.81. The highest BCUT2D eigenvalue weighted by molar-refractivity contribution is 9.10. The van der Waals surface area contributed by atoms with Crippen LogP contribution in [0.4, 0.5) is 4.39 Å². The van der Waals surface area contributed by atoms with Crippen molar-refractivity contribution < 1.29 is 12.8 Å². The summed E-state index contributed by atoms with van der Waals surface area (Å²) >= 11 is 3.12. The number of likely N-dealkylation sites (N-methyl/N-ethyl adjacent to an activating group) is 1. The van der Waals surface area contributed by atoms with Crippen molar-refractivity contribution in [3.63, 3.8) is 0 Å². The highest BCUT2D eigenvalue weighted by Gasteiger charge is 2.26. The van der Waals surface area contributed by atoms with Gasteiger partial charge in [-0.1, -0.05) is 22.9 Å². The molecule has 1 aromatic rings. The maximum Gasteiger partial charge on any atom is 0.243 e. The lowest BCUT2D eigenvalue weighted by Crippen LogP contribution is -2.47. The van der Waals surface area contributed by atoms with Gasteiger partial charge in [-0.15, -0.1) is 0 Å². The van der Waals surface area contributed by atoms with E-state index in [1.165, 1.54) is 12.1 Å². The Hall–Kier alpha value is -0.500. The Morgan fingerprint density at radius 3 is 2.90 bits per heavy atom. The fourth-order valence-corrected chi connectivity index (χ4v) is 4.07. The molecule has 2 rings (SSSR count). The minimum Gasteiger partial charge on any atom is -0.302 e. The third kappa shape index (κ3) is 3.78. The molecule has 1 heterocycles. The molecule has 0 spiro atoms. The molecular weight excluding hydrogens is 347 g/mol. The number of hydrogen-bond donors (Lipinski definition) is 1. The molecule has 4 nitrogen and oxygen atoms in total. The van der Waals surface area contributed by atoms with Gasteiger partial charge in [0.25, 0.3) is 0 Å². The van der Waals surface area contributed by atoms with Crippen LogP contribution in [0.15, 0.2) is 27.6 Å². The van der Waals surface area contributed by atoms with Gasteiger partial charge in [-0.2, -0.15) is 0 Å². The van der Waals surface area contributed by atoms with Crippen LogP contribution >= 0.6 is 15.9 Å². The van der Waals surface area contributed by atoms with Gasteiger partial charge in [0, 0.05) is 17.1 Å². The van der Waals surface area contributed by atoms with Gasteiger partial charge >= 0.3 is 0 Å². The Balaban J connectivity index is 2.14. The number of piperidine rings is 1. The van der Waals surface area contributed by atoms with E-state index in [0.717, 1.165) is 32.0 Å². The summed E-state index contributed by atoms with van der Waals surface area (Å²) in [7, 11) is -3.81. The quantitative estimate of drug-likeness (QED) is 0.891. The molecule has 1 atom stereocenters. The summed E-state index contributed by atoms with van der Waals surface area (Å²) in [6.07, 6.45) is 1.73. The van der Waals surface area contributed by atoms with Gasteiger partial charge in [-0.3, -0.25) is 0 Å². The zero-order valence-corrected chi connectivity index (χ0v) is 13.7. The summed E-state index contributed by atoms with van der Waals surface area (Å²) in [6.45, 7) is 4.60. The largest absolute Gasteiger partial charge is 0.302 e. The lowest BCUT2D eigenvalue weighted by atomic mass is 10.1. The minimum absolute atomic E-state index is 0.156. The average molecular weight is 365 g/mol. The van der Waals surface area contributed by atoms with Crippen molar-refractivity contribution in [1.82, 2.24) is 9.62 Å². The van der Waals surface area contributed by atoms with E-state index in [-0.39, 0.29) is 10.9 Å². The summed E-state index contributed by atoms with van der Waals surface area (Å²) in [5.74, 6) is -0.741. The topological polar surface area (TPSA) is 49.4 Å². The molecule has 1 aliphatic heterocycles. The van der Waals surface area contributed by atoms with Crippen LogP contribution in [0.5, 0.6) is 0 Å². The number of halogens is 2. The molecule has 0 aliphatic carbocycles. The smallest absolute Gasteiger partial charge is 0.243 e. The number of nitrogens with zero attached hydrogens (tertiary/aromatic N) is 1.